The number of amides is 1. The molecule has 2 atom stereocenters. The molecule has 1 aliphatic rings. The molecule has 0 bridgehead atoms. The maximum Gasteiger partial charge on any atom is 0.257 e. The molecule has 7 nitrogen and oxygen atoms in total. The summed E-state index contributed by atoms with van der Waals surface area (Å²) >= 11 is 0. The molecule has 1 aliphatic carbocycles. The molecule has 7 heteroatoms. The molecule has 2 unspecified atom stereocenters. The number of Topliss-reactive ketones (excluding diaryl/α,β-unsaturated/α-hetero) is 1. The number of carbonyl (C=O) groups is 2. The normalized spacial score (nSPS) is 17.0. The van der Waals surface area contributed by atoms with E-state index in [0.29, 0.717) is 17.8 Å². The zero-order chi connectivity index (χ0) is 20.1. The van der Waals surface area contributed by atoms with Crippen LogP contribution in [0.1, 0.15) is 30.1 Å². The van der Waals surface area contributed by atoms with Crippen LogP contribution >= 0.6 is 0 Å². The minimum Gasteiger partial charge on any atom is -0.505 e. The molecule has 1 amide bonds. The second-order valence-electron chi connectivity index (χ2n) is 6.45. The molecule has 1 aromatic carbocycles. The first-order valence-electron chi connectivity index (χ1n) is 8.67. The predicted molar refractivity (Wildman–Crippen MR) is 103 cm³/mol. The molecule has 0 heterocycles. The van der Waals surface area contributed by atoms with Crippen molar-refractivity contribution in [3.63, 3.8) is 0 Å². The van der Waals surface area contributed by atoms with Crippen molar-refractivity contribution in [2.24, 2.45) is 0 Å². The first-order chi connectivity index (χ1) is 12.8. The van der Waals surface area contributed by atoms with E-state index in [-0.39, 0.29) is 34.7 Å². The Hall–Kier alpha value is -2.98. The molecular formula is C20H25N3O4. The lowest BCUT2D eigenvalue weighted by Crippen LogP contribution is -2.49. The number of methoxy groups -OCH3 is 1. The van der Waals surface area contributed by atoms with Gasteiger partial charge in [-0.05, 0) is 18.6 Å². The number of para-hydroxylation sites is 1. The third-order valence-electron chi connectivity index (χ3n) is 4.40. The summed E-state index contributed by atoms with van der Waals surface area (Å²) in [6, 6.07) is 4.76. The molecule has 0 saturated heterocycles. The van der Waals surface area contributed by atoms with Gasteiger partial charge in [-0.15, -0.1) is 12.3 Å². The van der Waals surface area contributed by atoms with Gasteiger partial charge in [-0.1, -0.05) is 13.0 Å². The van der Waals surface area contributed by atoms with Gasteiger partial charge in [0.25, 0.3) is 5.91 Å². The van der Waals surface area contributed by atoms with E-state index in [1.54, 1.807) is 26.2 Å². The minimum atomic E-state index is -0.701. The fraction of sp³-hybridized carbons (Fsp3) is 0.400. The van der Waals surface area contributed by atoms with Crippen molar-refractivity contribution < 1.29 is 19.4 Å². The predicted octanol–water partition coefficient (Wildman–Crippen LogP) is 1.71. The second-order valence-corrected chi connectivity index (χ2v) is 6.45. The van der Waals surface area contributed by atoms with Gasteiger partial charge in [0.05, 0.1) is 16.9 Å². The van der Waals surface area contributed by atoms with Gasteiger partial charge < -0.3 is 25.4 Å². The number of anilines is 1. The molecule has 144 valence electrons. The molecule has 27 heavy (non-hydrogen) atoms. The standard InChI is InChI=1S/C20H25N3O4/c1-6-9-12(7-2)21-16-15(18(25)19(16)27-5)22-14-11-8-10-13(17(14)24)20(26)23(3)4/h1,8,10-12,19,21-22,24H,7,9H2,2-5H3. The zero-order valence-electron chi connectivity index (χ0n) is 16.0. The maximum absolute atomic E-state index is 12.4. The van der Waals surface area contributed by atoms with Gasteiger partial charge in [0.1, 0.15) is 5.70 Å². The number of hydrogen-bond acceptors (Lipinski definition) is 6. The van der Waals surface area contributed by atoms with E-state index in [1.807, 2.05) is 6.92 Å². The smallest absolute Gasteiger partial charge is 0.257 e. The van der Waals surface area contributed by atoms with Crippen LogP contribution in [0.4, 0.5) is 5.69 Å². The summed E-state index contributed by atoms with van der Waals surface area (Å²) < 4.78 is 5.24. The largest absolute Gasteiger partial charge is 0.505 e. The van der Waals surface area contributed by atoms with E-state index >= 15 is 0 Å². The first kappa shape index (κ1) is 20.3. The van der Waals surface area contributed by atoms with Crippen LogP contribution in [0.25, 0.3) is 0 Å². The number of ketones is 1. The number of nitrogens with zero attached hydrogens (tertiary/aromatic N) is 1. The maximum atomic E-state index is 12.4. The van der Waals surface area contributed by atoms with E-state index in [9.17, 15) is 14.7 Å². The summed E-state index contributed by atoms with van der Waals surface area (Å²) in [5.74, 6) is 1.82. The van der Waals surface area contributed by atoms with Gasteiger partial charge in [0.15, 0.2) is 11.9 Å². The van der Waals surface area contributed by atoms with E-state index < -0.39 is 6.10 Å². The van der Waals surface area contributed by atoms with Crippen molar-refractivity contribution in [1.82, 2.24) is 10.2 Å². The van der Waals surface area contributed by atoms with Crippen molar-refractivity contribution in [3.8, 4) is 18.1 Å². The van der Waals surface area contributed by atoms with Crippen LogP contribution in [0.3, 0.4) is 0 Å². The first-order valence-corrected chi connectivity index (χ1v) is 8.67. The third kappa shape index (κ3) is 4.07. The van der Waals surface area contributed by atoms with Gasteiger partial charge >= 0.3 is 0 Å². The number of terminal acetylenes is 1. The lowest BCUT2D eigenvalue weighted by atomic mass is 9.93. The second kappa shape index (κ2) is 8.60. The van der Waals surface area contributed by atoms with Crippen molar-refractivity contribution in [2.75, 3.05) is 26.5 Å². The Kier molecular flexibility index (Phi) is 6.48. The topological polar surface area (TPSA) is 90.9 Å². The number of carbonyl (C=O) groups excluding carboxylic acids is 2. The van der Waals surface area contributed by atoms with E-state index in [1.165, 1.54) is 18.1 Å². The number of phenols is 1. The van der Waals surface area contributed by atoms with Crippen molar-refractivity contribution >= 4 is 17.4 Å². The Morgan fingerprint density at radius 2 is 2.15 bits per heavy atom. The van der Waals surface area contributed by atoms with Crippen molar-refractivity contribution in [3.05, 3.63) is 35.2 Å². The lowest BCUT2D eigenvalue weighted by Gasteiger charge is -2.34. The van der Waals surface area contributed by atoms with Crippen LogP contribution in [0.15, 0.2) is 29.6 Å². The molecule has 0 fully saturated rings. The monoisotopic (exact) mass is 371 g/mol. The fourth-order valence-corrected chi connectivity index (χ4v) is 2.80. The number of phenolic OH excluding ortho intramolecular Hbond substituents is 1. The summed E-state index contributed by atoms with van der Waals surface area (Å²) in [4.78, 5) is 25.9. The quantitative estimate of drug-likeness (QED) is 0.476. The average Bonchev–Trinajstić information content (AvgIpc) is 2.65. The minimum absolute atomic E-state index is 0.00259. The Morgan fingerprint density at radius 3 is 2.70 bits per heavy atom. The summed E-state index contributed by atoms with van der Waals surface area (Å²) in [5, 5.41) is 16.6. The van der Waals surface area contributed by atoms with Crippen LogP contribution in [-0.4, -0.2) is 55.0 Å². The fourth-order valence-electron chi connectivity index (χ4n) is 2.80. The molecule has 0 radical (unpaired) electrons. The van der Waals surface area contributed by atoms with Crippen LogP contribution < -0.4 is 10.6 Å². The van der Waals surface area contributed by atoms with E-state index in [0.717, 1.165) is 6.42 Å². The number of benzene rings is 1. The Bertz CT molecular complexity index is 808. The summed E-state index contributed by atoms with van der Waals surface area (Å²) in [5.41, 5.74) is 1.30. The summed E-state index contributed by atoms with van der Waals surface area (Å²) in [6.45, 7) is 1.99. The molecule has 0 aliphatic heterocycles. The molecule has 0 spiro atoms. The van der Waals surface area contributed by atoms with Crippen LogP contribution in [-0.2, 0) is 9.53 Å². The summed E-state index contributed by atoms with van der Waals surface area (Å²) in [6.07, 6.45) is 5.98. The highest BCUT2D eigenvalue weighted by atomic mass is 16.5. The highest BCUT2D eigenvalue weighted by Crippen LogP contribution is 2.33. The molecule has 1 aromatic rings. The lowest BCUT2D eigenvalue weighted by molar-refractivity contribution is -0.126. The highest BCUT2D eigenvalue weighted by Gasteiger charge is 2.41. The molecule has 0 saturated carbocycles. The van der Waals surface area contributed by atoms with Crippen molar-refractivity contribution in [1.29, 1.82) is 0 Å². The molecular weight excluding hydrogens is 346 g/mol. The van der Waals surface area contributed by atoms with E-state index in [4.69, 9.17) is 11.2 Å². The van der Waals surface area contributed by atoms with Gasteiger partial charge in [-0.2, -0.15) is 0 Å². The molecule has 0 aromatic heterocycles. The van der Waals surface area contributed by atoms with Crippen LogP contribution in [0, 0.1) is 12.3 Å². The van der Waals surface area contributed by atoms with Crippen LogP contribution in [0.2, 0.25) is 0 Å². The van der Waals surface area contributed by atoms with E-state index in [2.05, 4.69) is 16.6 Å². The van der Waals surface area contributed by atoms with Gasteiger partial charge in [-0.25, -0.2) is 0 Å². The molecule has 2 rings (SSSR count). The number of hydrogen-bond donors (Lipinski definition) is 3. The number of nitrogens with one attached hydrogen (secondary N) is 2. The average molecular weight is 371 g/mol. The number of rotatable bonds is 8. The highest BCUT2D eigenvalue weighted by molar-refractivity contribution is 6.11. The zero-order valence-corrected chi connectivity index (χ0v) is 16.0. The molecule has 3 N–H and O–H groups in total. The van der Waals surface area contributed by atoms with Gasteiger partial charge in [-0.3, -0.25) is 9.59 Å². The Balaban J connectivity index is 2.34. The van der Waals surface area contributed by atoms with Gasteiger partial charge in [0, 0.05) is 33.7 Å². The Labute approximate surface area is 159 Å². The van der Waals surface area contributed by atoms with Crippen LogP contribution in [0.5, 0.6) is 5.75 Å². The summed E-state index contributed by atoms with van der Waals surface area (Å²) in [7, 11) is 4.65. The number of aromatic hydroxyl groups is 1. The van der Waals surface area contributed by atoms with Crippen molar-refractivity contribution in [2.45, 2.75) is 31.9 Å². The SMILES string of the molecule is C#CCC(CC)NC1=C(Nc2cccc(C(=O)N(C)C)c2O)C(=O)C1OC. The van der Waals surface area contributed by atoms with Gasteiger partial charge in [0.2, 0.25) is 5.78 Å². The third-order valence-corrected chi connectivity index (χ3v) is 4.40. The Morgan fingerprint density at radius 1 is 1.44 bits per heavy atom. The number of ether oxygens (including phenoxy) is 1.